The molecule has 0 spiro atoms. The number of carbonyl (C=O) groups excluding carboxylic acids is 2. The maximum Gasteiger partial charge on any atom is 0.224 e. The van der Waals surface area contributed by atoms with Crippen LogP contribution < -0.4 is 4.90 Å². The van der Waals surface area contributed by atoms with Crippen molar-refractivity contribution in [2.45, 2.75) is 59.3 Å². The van der Waals surface area contributed by atoms with Crippen molar-refractivity contribution < 1.29 is 9.59 Å². The molecule has 4 nitrogen and oxygen atoms in total. The Morgan fingerprint density at radius 2 is 1.92 bits per heavy atom. The van der Waals surface area contributed by atoms with E-state index in [1.165, 1.54) is 6.42 Å². The molecular formula is C21H32N2O2. The number of para-hydroxylation sites is 1. The van der Waals surface area contributed by atoms with Crippen LogP contribution in [0.25, 0.3) is 0 Å². The third-order valence-corrected chi connectivity index (χ3v) is 4.94. The minimum atomic E-state index is -0.0589. The number of nitrogens with zero attached hydrogens (tertiary/aromatic N) is 2. The predicted molar refractivity (Wildman–Crippen MR) is 103 cm³/mol. The number of benzene rings is 1. The Bertz CT molecular complexity index is 619. The highest BCUT2D eigenvalue weighted by molar-refractivity contribution is 5.93. The molecule has 1 saturated heterocycles. The standard InChI is InChI=1S/C21H32N2O2/c1-16-9-8-13-22(15-16)20(25)12-14-23(17(2)24)19-11-7-6-10-18(19)21(3,4)5/h6-7,10-11,16H,8-9,12-15H2,1-5H3. The zero-order valence-corrected chi connectivity index (χ0v) is 16.3. The van der Waals surface area contributed by atoms with Gasteiger partial charge in [0.2, 0.25) is 11.8 Å². The SMILES string of the molecule is CC(=O)N(CCC(=O)N1CCCC(C)C1)c1ccccc1C(C)(C)C. The topological polar surface area (TPSA) is 40.6 Å². The van der Waals surface area contributed by atoms with Gasteiger partial charge in [-0.05, 0) is 35.8 Å². The van der Waals surface area contributed by atoms with Crippen molar-refractivity contribution in [2.24, 2.45) is 5.92 Å². The van der Waals surface area contributed by atoms with Gasteiger partial charge in [-0.3, -0.25) is 9.59 Å². The van der Waals surface area contributed by atoms with Crippen LogP contribution in [0.15, 0.2) is 24.3 Å². The highest BCUT2D eigenvalue weighted by Gasteiger charge is 2.25. The zero-order valence-electron chi connectivity index (χ0n) is 16.3. The number of carbonyl (C=O) groups is 2. The fraction of sp³-hybridized carbons (Fsp3) is 0.619. The summed E-state index contributed by atoms with van der Waals surface area (Å²) in [5, 5.41) is 0. The molecule has 1 aromatic rings. The highest BCUT2D eigenvalue weighted by Crippen LogP contribution is 2.32. The van der Waals surface area contributed by atoms with Crippen LogP contribution in [0.3, 0.4) is 0 Å². The summed E-state index contributed by atoms with van der Waals surface area (Å²) in [7, 11) is 0. The Labute approximate surface area is 152 Å². The number of piperidine rings is 1. The molecule has 0 radical (unpaired) electrons. The van der Waals surface area contributed by atoms with Gasteiger partial charge in [0.25, 0.3) is 0 Å². The summed E-state index contributed by atoms with van der Waals surface area (Å²) in [6.45, 7) is 12.3. The highest BCUT2D eigenvalue weighted by atomic mass is 16.2. The molecule has 0 saturated carbocycles. The first-order valence-electron chi connectivity index (χ1n) is 9.35. The van der Waals surface area contributed by atoms with E-state index in [0.29, 0.717) is 18.9 Å². The van der Waals surface area contributed by atoms with E-state index in [0.717, 1.165) is 30.8 Å². The van der Waals surface area contributed by atoms with Gasteiger partial charge in [-0.25, -0.2) is 0 Å². The lowest BCUT2D eigenvalue weighted by molar-refractivity contribution is -0.132. The Hall–Kier alpha value is -1.84. The lowest BCUT2D eigenvalue weighted by Gasteiger charge is -2.33. The molecule has 1 aromatic carbocycles. The van der Waals surface area contributed by atoms with Crippen molar-refractivity contribution in [3.05, 3.63) is 29.8 Å². The van der Waals surface area contributed by atoms with E-state index >= 15 is 0 Å². The van der Waals surface area contributed by atoms with Crippen molar-refractivity contribution in [3.8, 4) is 0 Å². The van der Waals surface area contributed by atoms with Crippen LogP contribution in [0.5, 0.6) is 0 Å². The average molecular weight is 344 g/mol. The van der Waals surface area contributed by atoms with Crippen molar-refractivity contribution in [1.82, 2.24) is 4.90 Å². The number of hydrogen-bond acceptors (Lipinski definition) is 2. The van der Waals surface area contributed by atoms with E-state index in [9.17, 15) is 9.59 Å². The molecule has 0 N–H and O–H groups in total. The zero-order chi connectivity index (χ0) is 18.6. The Kier molecular flexibility index (Phi) is 6.26. The van der Waals surface area contributed by atoms with E-state index in [-0.39, 0.29) is 17.2 Å². The van der Waals surface area contributed by atoms with Crippen LogP contribution in [-0.4, -0.2) is 36.3 Å². The third-order valence-electron chi connectivity index (χ3n) is 4.94. The lowest BCUT2D eigenvalue weighted by atomic mass is 9.85. The summed E-state index contributed by atoms with van der Waals surface area (Å²) in [6.07, 6.45) is 2.66. The molecule has 1 fully saturated rings. The number of hydrogen-bond donors (Lipinski definition) is 0. The first kappa shape index (κ1) is 19.5. The second-order valence-electron chi connectivity index (χ2n) is 8.27. The summed E-state index contributed by atoms with van der Waals surface area (Å²) in [5.74, 6) is 0.714. The number of anilines is 1. The van der Waals surface area contributed by atoms with E-state index in [1.54, 1.807) is 11.8 Å². The molecule has 138 valence electrons. The molecule has 4 heteroatoms. The van der Waals surface area contributed by atoms with Crippen molar-refractivity contribution in [3.63, 3.8) is 0 Å². The Morgan fingerprint density at radius 3 is 2.52 bits per heavy atom. The minimum Gasteiger partial charge on any atom is -0.342 e. The van der Waals surface area contributed by atoms with Gasteiger partial charge in [-0.2, -0.15) is 0 Å². The predicted octanol–water partition coefficient (Wildman–Crippen LogP) is 3.99. The minimum absolute atomic E-state index is 0.0171. The average Bonchev–Trinajstić information content (AvgIpc) is 2.54. The van der Waals surface area contributed by atoms with Gasteiger partial charge >= 0.3 is 0 Å². The third kappa shape index (κ3) is 5.07. The van der Waals surface area contributed by atoms with Crippen LogP contribution in [0, 0.1) is 5.92 Å². The van der Waals surface area contributed by atoms with Crippen molar-refractivity contribution in [2.75, 3.05) is 24.5 Å². The molecular weight excluding hydrogens is 312 g/mol. The largest absolute Gasteiger partial charge is 0.342 e. The Morgan fingerprint density at radius 1 is 1.24 bits per heavy atom. The molecule has 1 atom stereocenters. The van der Waals surface area contributed by atoms with Gasteiger partial charge in [-0.1, -0.05) is 45.9 Å². The Balaban J connectivity index is 2.12. The number of rotatable bonds is 4. The van der Waals surface area contributed by atoms with Gasteiger partial charge < -0.3 is 9.80 Å². The summed E-state index contributed by atoms with van der Waals surface area (Å²) >= 11 is 0. The van der Waals surface area contributed by atoms with E-state index < -0.39 is 0 Å². The van der Waals surface area contributed by atoms with Crippen LogP contribution in [-0.2, 0) is 15.0 Å². The fourth-order valence-corrected chi connectivity index (χ4v) is 3.57. The summed E-state index contributed by atoms with van der Waals surface area (Å²) in [6, 6.07) is 8.01. The molecule has 0 aromatic heterocycles. The summed E-state index contributed by atoms with van der Waals surface area (Å²) < 4.78 is 0. The molecule has 1 unspecified atom stereocenters. The molecule has 1 heterocycles. The van der Waals surface area contributed by atoms with Gasteiger partial charge in [-0.15, -0.1) is 0 Å². The van der Waals surface area contributed by atoms with E-state index in [4.69, 9.17) is 0 Å². The molecule has 2 rings (SSSR count). The van der Waals surface area contributed by atoms with E-state index in [1.807, 2.05) is 23.1 Å². The number of amides is 2. The first-order chi connectivity index (χ1) is 11.7. The van der Waals surface area contributed by atoms with Crippen molar-refractivity contribution in [1.29, 1.82) is 0 Å². The van der Waals surface area contributed by atoms with Crippen LogP contribution in [0.2, 0.25) is 0 Å². The van der Waals surface area contributed by atoms with Gasteiger partial charge in [0.05, 0.1) is 0 Å². The van der Waals surface area contributed by atoms with Crippen LogP contribution in [0.1, 0.15) is 59.4 Å². The summed E-state index contributed by atoms with van der Waals surface area (Å²) in [5.41, 5.74) is 1.99. The van der Waals surface area contributed by atoms with Crippen molar-refractivity contribution >= 4 is 17.5 Å². The first-order valence-corrected chi connectivity index (χ1v) is 9.35. The molecule has 1 aliphatic heterocycles. The van der Waals surface area contributed by atoms with Gasteiger partial charge in [0.15, 0.2) is 0 Å². The summed E-state index contributed by atoms with van der Waals surface area (Å²) in [4.78, 5) is 28.6. The van der Waals surface area contributed by atoms with Crippen LogP contribution in [0.4, 0.5) is 5.69 Å². The molecule has 2 amide bonds. The quantitative estimate of drug-likeness (QED) is 0.829. The maximum absolute atomic E-state index is 12.6. The molecule has 0 bridgehead atoms. The lowest BCUT2D eigenvalue weighted by Crippen LogP contribution is -2.41. The molecule has 25 heavy (non-hydrogen) atoms. The second kappa shape index (κ2) is 8.03. The number of likely N-dealkylation sites (tertiary alicyclic amines) is 1. The molecule has 1 aliphatic rings. The molecule has 0 aliphatic carbocycles. The van der Waals surface area contributed by atoms with Gasteiger partial charge in [0.1, 0.15) is 0 Å². The maximum atomic E-state index is 12.6. The van der Waals surface area contributed by atoms with Crippen LogP contribution >= 0.6 is 0 Å². The van der Waals surface area contributed by atoms with Gasteiger partial charge in [0, 0.05) is 38.7 Å². The smallest absolute Gasteiger partial charge is 0.224 e. The van der Waals surface area contributed by atoms with E-state index in [2.05, 4.69) is 33.8 Å². The normalized spacial score (nSPS) is 18.1. The fourth-order valence-electron chi connectivity index (χ4n) is 3.57. The monoisotopic (exact) mass is 344 g/mol. The second-order valence-corrected chi connectivity index (χ2v) is 8.27.